The van der Waals surface area contributed by atoms with Gasteiger partial charge in [0.1, 0.15) is 6.17 Å². The van der Waals surface area contributed by atoms with Gasteiger partial charge in [0.25, 0.3) is 11.7 Å². The molecule has 1 fully saturated rings. The van der Waals surface area contributed by atoms with E-state index in [1.165, 1.54) is 11.3 Å². The summed E-state index contributed by atoms with van der Waals surface area (Å²) in [7, 11) is 2.10. The van der Waals surface area contributed by atoms with Gasteiger partial charge in [-0.2, -0.15) is 0 Å². The van der Waals surface area contributed by atoms with Crippen molar-refractivity contribution in [3.05, 3.63) is 95.8 Å². The molecule has 182 valence electrons. The zero-order valence-electron chi connectivity index (χ0n) is 21.0. The Morgan fingerprint density at radius 1 is 0.972 bits per heavy atom. The van der Waals surface area contributed by atoms with E-state index in [-0.39, 0.29) is 36.4 Å². The van der Waals surface area contributed by atoms with Crippen molar-refractivity contribution in [3.63, 3.8) is 0 Å². The Labute approximate surface area is 211 Å². The van der Waals surface area contributed by atoms with Crippen molar-refractivity contribution < 1.29 is 14.2 Å². The number of rotatable bonds is 5. The molecule has 0 aliphatic carbocycles. The van der Waals surface area contributed by atoms with Crippen LogP contribution in [0.3, 0.4) is 0 Å². The van der Waals surface area contributed by atoms with Crippen molar-refractivity contribution in [3.8, 4) is 0 Å². The Balaban J connectivity index is 1.32. The van der Waals surface area contributed by atoms with Crippen LogP contribution < -0.4 is 9.47 Å². The molecule has 0 saturated carbocycles. The predicted octanol–water partition coefficient (Wildman–Crippen LogP) is 4.09. The summed E-state index contributed by atoms with van der Waals surface area (Å²) < 4.78 is 4.09. The molecule has 1 amide bonds. The molecule has 0 N–H and O–H groups in total. The Morgan fingerprint density at radius 3 is 2.47 bits per heavy atom. The summed E-state index contributed by atoms with van der Waals surface area (Å²) in [6, 6.07) is 25.9. The first kappa shape index (κ1) is 22.5. The summed E-state index contributed by atoms with van der Waals surface area (Å²) in [6.07, 6.45) is 0.957. The van der Waals surface area contributed by atoms with Gasteiger partial charge in [-0.15, -0.1) is 0 Å². The first-order valence-corrected chi connectivity index (χ1v) is 12.6. The molecule has 2 unspecified atom stereocenters. The van der Waals surface area contributed by atoms with Crippen LogP contribution >= 0.6 is 0 Å². The Morgan fingerprint density at radius 2 is 1.67 bits per heavy atom. The molecule has 3 aromatic carbocycles. The van der Waals surface area contributed by atoms with Crippen LogP contribution in [0.5, 0.6) is 0 Å². The van der Waals surface area contributed by atoms with E-state index in [1.54, 1.807) is 0 Å². The van der Waals surface area contributed by atoms with Gasteiger partial charge in [0.15, 0.2) is 24.1 Å². The fraction of sp³-hybridized carbons (Fsp3) is 0.300. The highest BCUT2D eigenvalue weighted by Gasteiger charge is 2.54. The fourth-order valence-corrected chi connectivity index (χ4v) is 6.41. The van der Waals surface area contributed by atoms with Crippen LogP contribution in [-0.4, -0.2) is 40.9 Å². The van der Waals surface area contributed by atoms with E-state index < -0.39 is 0 Å². The van der Waals surface area contributed by atoms with Gasteiger partial charge >= 0.3 is 0 Å². The highest BCUT2D eigenvalue weighted by Crippen LogP contribution is 2.51. The van der Waals surface area contributed by atoms with Crippen molar-refractivity contribution in [2.45, 2.75) is 44.9 Å². The summed E-state index contributed by atoms with van der Waals surface area (Å²) in [5.74, 6) is 1.06. The zero-order chi connectivity index (χ0) is 25.0. The number of ketones is 1. The van der Waals surface area contributed by atoms with E-state index in [9.17, 15) is 9.59 Å². The van der Waals surface area contributed by atoms with Gasteiger partial charge in [0.05, 0.1) is 0 Å². The number of aromatic nitrogens is 2. The topological polar surface area (TPSA) is 49.4 Å². The van der Waals surface area contributed by atoms with Crippen LogP contribution in [0.25, 0.3) is 11.0 Å². The molecule has 6 rings (SSSR count). The zero-order valence-corrected chi connectivity index (χ0v) is 21.0. The van der Waals surface area contributed by atoms with Gasteiger partial charge < -0.3 is 9.80 Å². The molecule has 1 saturated heterocycles. The molecule has 2 aliphatic rings. The number of para-hydroxylation sites is 3. The lowest BCUT2D eigenvalue weighted by Crippen LogP contribution is -2.50. The van der Waals surface area contributed by atoms with Crippen molar-refractivity contribution in [2.24, 2.45) is 0 Å². The quantitative estimate of drug-likeness (QED) is 0.320. The number of likely N-dealkylation sites (tertiary alicyclic amines) is 1. The van der Waals surface area contributed by atoms with E-state index in [0.717, 1.165) is 29.8 Å². The van der Waals surface area contributed by atoms with E-state index in [0.29, 0.717) is 5.56 Å². The number of carbonyl (C=O) groups excluding carboxylic acids is 2. The van der Waals surface area contributed by atoms with Gasteiger partial charge in [-0.05, 0) is 30.2 Å². The maximum atomic E-state index is 13.8. The van der Waals surface area contributed by atoms with Gasteiger partial charge in [0, 0.05) is 37.2 Å². The Kier molecular flexibility index (Phi) is 5.21. The molecule has 0 radical (unpaired) electrons. The van der Waals surface area contributed by atoms with Crippen LogP contribution in [0.15, 0.2) is 78.9 Å². The molecule has 2 aliphatic heterocycles. The van der Waals surface area contributed by atoms with E-state index in [4.69, 9.17) is 0 Å². The van der Waals surface area contributed by atoms with E-state index in [2.05, 4.69) is 47.7 Å². The molecule has 3 heterocycles. The average Bonchev–Trinajstić information content (AvgIpc) is 3.47. The average molecular weight is 480 g/mol. The van der Waals surface area contributed by atoms with Crippen molar-refractivity contribution >= 4 is 28.4 Å². The highest BCUT2D eigenvalue weighted by atomic mass is 16.2. The first-order chi connectivity index (χ1) is 17.4. The number of amides is 1. The smallest absolute Gasteiger partial charge is 0.266 e. The van der Waals surface area contributed by atoms with Crippen molar-refractivity contribution in [1.29, 1.82) is 0 Å². The Bertz CT molecular complexity index is 1490. The second kappa shape index (κ2) is 8.33. The monoisotopic (exact) mass is 479 g/mol. The minimum atomic E-state index is -0.0726. The molecule has 36 heavy (non-hydrogen) atoms. The summed E-state index contributed by atoms with van der Waals surface area (Å²) in [5.41, 5.74) is 5.09. The number of fused-ring (bicyclic) bond motifs is 4. The molecule has 1 aromatic heterocycles. The number of hydrogen-bond acceptors (Lipinski definition) is 3. The molecule has 2 atom stereocenters. The Hall–Kier alpha value is -3.93. The fourth-order valence-electron chi connectivity index (χ4n) is 6.41. The summed E-state index contributed by atoms with van der Waals surface area (Å²) >= 11 is 0. The molecule has 4 aromatic rings. The summed E-state index contributed by atoms with van der Waals surface area (Å²) in [6.45, 7) is 5.50. The van der Waals surface area contributed by atoms with E-state index >= 15 is 0 Å². The standard InChI is InChI=1S/C30H31N4O2/c1-21-33(19-27(35)22-11-5-4-6-12-22)25-15-9-10-16-26(25)34(21)20-28(36)32-18-17-30(2)23-13-7-8-14-24(23)31(3)29(30)32/h4-16,29H,17-20H2,1-3H3/q+1. The molecule has 6 heteroatoms. The predicted molar refractivity (Wildman–Crippen MR) is 140 cm³/mol. The van der Waals surface area contributed by atoms with Gasteiger partial charge in [-0.25, -0.2) is 9.13 Å². The second-order valence-electron chi connectivity index (χ2n) is 10.3. The largest absolute Gasteiger partial charge is 0.353 e. The second-order valence-corrected chi connectivity index (χ2v) is 10.3. The molecular formula is C30H31N4O2+. The maximum absolute atomic E-state index is 13.8. The summed E-state index contributed by atoms with van der Waals surface area (Å²) in [5, 5.41) is 0. The van der Waals surface area contributed by atoms with E-state index in [1.807, 2.05) is 71.0 Å². The number of likely N-dealkylation sites (N-methyl/N-ethyl adjacent to an activating group) is 1. The number of benzene rings is 3. The number of nitrogens with zero attached hydrogens (tertiary/aromatic N) is 4. The number of imidazole rings is 1. The highest BCUT2D eigenvalue weighted by molar-refractivity contribution is 5.95. The molecule has 0 bridgehead atoms. The number of Topliss-reactive ketones (excluding diaryl/α,β-unsaturated/α-hetero) is 1. The third-order valence-corrected chi connectivity index (χ3v) is 8.26. The number of carbonyl (C=O) groups is 2. The van der Waals surface area contributed by atoms with Crippen LogP contribution in [0.1, 0.15) is 35.1 Å². The summed E-state index contributed by atoms with van der Waals surface area (Å²) in [4.78, 5) is 31.2. The SMILES string of the molecule is Cc1n(CC(=O)N2CCC3(C)c4ccccc4N(C)C23)c2ccccc2[n+]1CC(=O)c1ccccc1. The molecular weight excluding hydrogens is 448 g/mol. The lowest BCUT2D eigenvalue weighted by Gasteiger charge is -2.34. The van der Waals surface area contributed by atoms with Crippen LogP contribution in [0, 0.1) is 6.92 Å². The minimum Gasteiger partial charge on any atom is -0.353 e. The normalized spacial score (nSPS) is 20.6. The van der Waals surface area contributed by atoms with Gasteiger partial charge in [-0.1, -0.05) is 67.6 Å². The number of hydrogen-bond donors (Lipinski definition) is 0. The van der Waals surface area contributed by atoms with Crippen LogP contribution in [0.2, 0.25) is 0 Å². The van der Waals surface area contributed by atoms with Crippen molar-refractivity contribution in [2.75, 3.05) is 18.5 Å². The van der Waals surface area contributed by atoms with Gasteiger partial charge in [0.2, 0.25) is 5.78 Å². The van der Waals surface area contributed by atoms with Gasteiger partial charge in [-0.3, -0.25) is 9.59 Å². The minimum absolute atomic E-state index is 0.0105. The third kappa shape index (κ3) is 3.28. The lowest BCUT2D eigenvalue weighted by atomic mass is 9.81. The van der Waals surface area contributed by atoms with Crippen LogP contribution in [0.4, 0.5) is 5.69 Å². The van der Waals surface area contributed by atoms with Crippen LogP contribution in [-0.2, 0) is 23.3 Å². The maximum Gasteiger partial charge on any atom is 0.266 e. The van der Waals surface area contributed by atoms with Crippen molar-refractivity contribution in [1.82, 2.24) is 9.47 Å². The lowest BCUT2D eigenvalue weighted by molar-refractivity contribution is -0.664. The first-order valence-electron chi connectivity index (χ1n) is 12.6. The third-order valence-electron chi connectivity index (χ3n) is 8.26. The molecule has 6 nitrogen and oxygen atoms in total. The molecule has 0 spiro atoms. The number of anilines is 1.